The van der Waals surface area contributed by atoms with Crippen molar-refractivity contribution in [2.75, 3.05) is 25.0 Å². The van der Waals surface area contributed by atoms with Crippen LogP contribution in [0.15, 0.2) is 87.8 Å². The zero-order chi connectivity index (χ0) is 28.9. The van der Waals surface area contributed by atoms with Crippen LogP contribution in [-0.2, 0) is 30.3 Å². The lowest BCUT2D eigenvalue weighted by atomic mass is 10.0. The molecule has 0 heterocycles. The summed E-state index contributed by atoms with van der Waals surface area (Å²) in [7, 11) is 0. The fraction of sp³-hybridized carbons (Fsp3) is 0.267. The lowest BCUT2D eigenvalue weighted by Gasteiger charge is -2.31. The summed E-state index contributed by atoms with van der Waals surface area (Å²) in [4.78, 5) is 53.1. The number of halogens is 2. The molecule has 0 saturated heterocycles. The second-order valence-electron chi connectivity index (χ2n) is 8.85. The van der Waals surface area contributed by atoms with Gasteiger partial charge in [-0.2, -0.15) is 0 Å². The Hall–Kier alpha value is -3.50. The summed E-state index contributed by atoms with van der Waals surface area (Å²) >= 11 is 6.79. The number of esters is 1. The molecule has 8 nitrogen and oxygen atoms in total. The van der Waals surface area contributed by atoms with Crippen molar-refractivity contribution in [2.24, 2.45) is 0 Å². The third-order valence-corrected chi connectivity index (χ3v) is 7.01. The van der Waals surface area contributed by atoms with Gasteiger partial charge in [0, 0.05) is 34.0 Å². The number of ether oxygens (including phenoxy) is 1. The van der Waals surface area contributed by atoms with Crippen molar-refractivity contribution in [3.05, 3.63) is 98.9 Å². The molecule has 3 aromatic rings. The zero-order valence-corrected chi connectivity index (χ0v) is 25.2. The summed E-state index contributed by atoms with van der Waals surface area (Å²) < 4.78 is 6.75. The Bertz CT molecular complexity index is 1280. The monoisotopic (exact) mass is 671 g/mol. The van der Waals surface area contributed by atoms with Gasteiger partial charge in [-0.05, 0) is 60.9 Å². The molecule has 0 bridgehead atoms. The maximum atomic E-state index is 13.6. The summed E-state index contributed by atoms with van der Waals surface area (Å²) in [5.74, 6) is -1.75. The van der Waals surface area contributed by atoms with Crippen LogP contribution in [0, 0.1) is 0 Å². The summed E-state index contributed by atoms with van der Waals surface area (Å²) in [5, 5.41) is 5.40. The van der Waals surface area contributed by atoms with Gasteiger partial charge in [-0.1, -0.05) is 74.3 Å². The normalized spacial score (nSPS) is 11.3. The van der Waals surface area contributed by atoms with E-state index < -0.39 is 17.9 Å². The van der Waals surface area contributed by atoms with Gasteiger partial charge in [-0.25, -0.2) is 0 Å². The van der Waals surface area contributed by atoms with E-state index in [1.165, 1.54) is 4.90 Å². The van der Waals surface area contributed by atoms with Gasteiger partial charge in [0.05, 0.1) is 6.61 Å². The third-order valence-electron chi connectivity index (χ3n) is 5.96. The van der Waals surface area contributed by atoms with Crippen LogP contribution in [0.5, 0.6) is 0 Å². The summed E-state index contributed by atoms with van der Waals surface area (Å²) in [6.45, 7) is 1.78. The molecule has 0 aromatic heterocycles. The molecule has 3 aromatic carbocycles. The van der Waals surface area contributed by atoms with Gasteiger partial charge < -0.3 is 20.3 Å². The van der Waals surface area contributed by atoms with Crippen molar-refractivity contribution in [1.82, 2.24) is 10.2 Å². The van der Waals surface area contributed by atoms with Crippen LogP contribution in [0.1, 0.15) is 36.9 Å². The van der Waals surface area contributed by atoms with Gasteiger partial charge in [0.2, 0.25) is 17.7 Å². The fourth-order valence-corrected chi connectivity index (χ4v) is 4.52. The minimum Gasteiger partial charge on any atom is -0.465 e. The Morgan fingerprint density at radius 2 is 1.48 bits per heavy atom. The van der Waals surface area contributed by atoms with E-state index in [0.29, 0.717) is 17.7 Å². The highest BCUT2D eigenvalue weighted by Crippen LogP contribution is 2.24. The summed E-state index contributed by atoms with van der Waals surface area (Å²) in [5.41, 5.74) is 2.19. The topological polar surface area (TPSA) is 105 Å². The number of nitrogens with one attached hydrogen (secondary N) is 2. The second kappa shape index (κ2) is 15.9. The quantitative estimate of drug-likeness (QED) is 0.236. The van der Waals surface area contributed by atoms with Crippen LogP contribution in [0.3, 0.4) is 0 Å². The molecule has 3 amide bonds. The maximum absolute atomic E-state index is 13.6. The molecule has 3 rings (SSSR count). The molecular formula is C30H31Br2N3O5. The van der Waals surface area contributed by atoms with Gasteiger partial charge in [0.15, 0.2) is 0 Å². The molecule has 1 atom stereocenters. The van der Waals surface area contributed by atoms with Gasteiger partial charge >= 0.3 is 5.97 Å². The first kappa shape index (κ1) is 31.0. The number of rotatable bonds is 13. The van der Waals surface area contributed by atoms with E-state index in [2.05, 4.69) is 42.5 Å². The fourth-order valence-electron chi connectivity index (χ4n) is 4.00. The van der Waals surface area contributed by atoms with Crippen molar-refractivity contribution < 1.29 is 23.9 Å². The van der Waals surface area contributed by atoms with Crippen LogP contribution in [0.2, 0.25) is 0 Å². The molecule has 0 radical (unpaired) electrons. The maximum Gasteiger partial charge on any atom is 0.325 e. The van der Waals surface area contributed by atoms with Gasteiger partial charge in [0.1, 0.15) is 12.6 Å². The highest BCUT2D eigenvalue weighted by atomic mass is 79.9. The number of hydrogen-bond donors (Lipinski definition) is 2. The zero-order valence-electron chi connectivity index (χ0n) is 22.1. The molecule has 210 valence electrons. The van der Waals surface area contributed by atoms with Crippen LogP contribution in [0.25, 0.3) is 0 Å². The molecule has 0 spiro atoms. The van der Waals surface area contributed by atoms with Crippen LogP contribution >= 0.6 is 31.9 Å². The molecule has 0 saturated carbocycles. The molecule has 0 aliphatic rings. The van der Waals surface area contributed by atoms with E-state index in [-0.39, 0.29) is 44.4 Å². The van der Waals surface area contributed by atoms with E-state index in [1.54, 1.807) is 43.3 Å². The number of nitrogens with zero attached hydrogens (tertiary/aromatic N) is 1. The number of anilines is 1. The molecule has 40 heavy (non-hydrogen) atoms. The average Bonchev–Trinajstić information content (AvgIpc) is 2.95. The second-order valence-corrected chi connectivity index (χ2v) is 10.7. The minimum atomic E-state index is -1.01. The van der Waals surface area contributed by atoms with Crippen molar-refractivity contribution >= 4 is 61.2 Å². The summed E-state index contributed by atoms with van der Waals surface area (Å²) in [6.07, 6.45) is 0.325. The van der Waals surface area contributed by atoms with E-state index >= 15 is 0 Å². The lowest BCUT2D eigenvalue weighted by Crippen LogP contribution is -2.46. The predicted octanol–water partition coefficient (Wildman–Crippen LogP) is 5.42. The Morgan fingerprint density at radius 1 is 0.850 bits per heavy atom. The summed E-state index contributed by atoms with van der Waals surface area (Å²) in [6, 6.07) is 22.7. The van der Waals surface area contributed by atoms with Crippen molar-refractivity contribution in [1.29, 1.82) is 0 Å². The van der Waals surface area contributed by atoms with Crippen molar-refractivity contribution in [3.63, 3.8) is 0 Å². The first-order valence-corrected chi connectivity index (χ1v) is 14.4. The van der Waals surface area contributed by atoms with Crippen LogP contribution < -0.4 is 10.6 Å². The molecule has 0 aliphatic carbocycles. The van der Waals surface area contributed by atoms with Crippen molar-refractivity contribution in [3.8, 4) is 0 Å². The van der Waals surface area contributed by atoms with E-state index in [0.717, 1.165) is 14.5 Å². The Kier molecular flexibility index (Phi) is 12.4. The number of benzene rings is 3. The lowest BCUT2D eigenvalue weighted by molar-refractivity contribution is -0.145. The van der Waals surface area contributed by atoms with Gasteiger partial charge in [-0.15, -0.1) is 0 Å². The first-order chi connectivity index (χ1) is 19.3. The van der Waals surface area contributed by atoms with Crippen LogP contribution in [0.4, 0.5) is 5.69 Å². The third kappa shape index (κ3) is 9.91. The van der Waals surface area contributed by atoms with E-state index in [9.17, 15) is 19.2 Å². The smallest absolute Gasteiger partial charge is 0.325 e. The van der Waals surface area contributed by atoms with Crippen LogP contribution in [-0.4, -0.2) is 48.3 Å². The van der Waals surface area contributed by atoms with Crippen molar-refractivity contribution in [2.45, 2.75) is 32.2 Å². The number of hydrogen-bond acceptors (Lipinski definition) is 5. The Balaban J connectivity index is 1.81. The largest absolute Gasteiger partial charge is 0.465 e. The molecule has 2 N–H and O–H groups in total. The molecular weight excluding hydrogens is 642 g/mol. The molecule has 0 aliphatic heterocycles. The number of amides is 3. The predicted molar refractivity (Wildman–Crippen MR) is 160 cm³/mol. The van der Waals surface area contributed by atoms with Gasteiger partial charge in [-0.3, -0.25) is 19.2 Å². The first-order valence-electron chi connectivity index (χ1n) is 12.8. The highest BCUT2D eigenvalue weighted by molar-refractivity contribution is 9.10. The van der Waals surface area contributed by atoms with E-state index in [1.807, 2.05) is 42.5 Å². The SMILES string of the molecule is CCOC(=O)CNC(=O)C(c1ccccc1)N(CCc1ccc(Br)cc1)C(=O)CCC(=O)Nc1ccc(Br)cc1. The minimum absolute atomic E-state index is 0.0599. The highest BCUT2D eigenvalue weighted by Gasteiger charge is 2.31. The molecule has 1 unspecified atom stereocenters. The molecule has 0 fully saturated rings. The standard InChI is InChI=1S/C30H31Br2N3O5/c1-2-40-28(38)20-33-30(39)29(22-6-4-3-5-7-22)35(19-18-21-8-10-23(31)11-9-21)27(37)17-16-26(36)34-25-14-12-24(32)13-15-25/h3-15,29H,2,16-20H2,1H3,(H,33,39)(H,34,36). The van der Waals surface area contributed by atoms with Gasteiger partial charge in [0.25, 0.3) is 0 Å². The van der Waals surface area contributed by atoms with E-state index in [4.69, 9.17) is 4.74 Å². The Morgan fingerprint density at radius 3 is 2.10 bits per heavy atom. The molecule has 10 heteroatoms. The number of carbonyl (C=O) groups is 4. The average molecular weight is 673 g/mol. The number of carbonyl (C=O) groups excluding carboxylic acids is 4. The Labute approximate surface area is 250 Å².